The third-order valence-electron chi connectivity index (χ3n) is 4.13. The van der Waals surface area contributed by atoms with Gasteiger partial charge in [-0.2, -0.15) is 0 Å². The van der Waals surface area contributed by atoms with Gasteiger partial charge in [0.1, 0.15) is 0 Å². The molecule has 0 aliphatic carbocycles. The lowest BCUT2D eigenvalue weighted by Crippen LogP contribution is -2.38. The SMILES string of the molecule is COc1cccc(C=O)c1OCCCN1CCCC[C@H]1C. The molecule has 4 heteroatoms. The van der Waals surface area contributed by atoms with Crippen LogP contribution in [0.15, 0.2) is 18.2 Å². The van der Waals surface area contributed by atoms with E-state index in [-0.39, 0.29) is 0 Å². The first kappa shape index (κ1) is 15.8. The maximum atomic E-state index is 11.1. The van der Waals surface area contributed by atoms with Crippen molar-refractivity contribution in [2.45, 2.75) is 38.6 Å². The van der Waals surface area contributed by atoms with E-state index in [1.165, 1.54) is 25.8 Å². The summed E-state index contributed by atoms with van der Waals surface area (Å²) in [6.45, 7) is 5.14. The van der Waals surface area contributed by atoms with Crippen molar-refractivity contribution in [3.63, 3.8) is 0 Å². The summed E-state index contributed by atoms with van der Waals surface area (Å²) in [6, 6.07) is 6.04. The average molecular weight is 291 g/mol. The predicted molar refractivity (Wildman–Crippen MR) is 83.4 cm³/mol. The molecule has 2 rings (SSSR count). The van der Waals surface area contributed by atoms with Crippen LogP contribution in [0, 0.1) is 0 Å². The Morgan fingerprint density at radius 1 is 1.38 bits per heavy atom. The van der Waals surface area contributed by atoms with Crippen LogP contribution in [0.3, 0.4) is 0 Å². The van der Waals surface area contributed by atoms with Crippen LogP contribution in [0.25, 0.3) is 0 Å². The molecule has 0 N–H and O–H groups in total. The first-order valence-electron chi connectivity index (χ1n) is 7.75. The van der Waals surface area contributed by atoms with Gasteiger partial charge in [-0.1, -0.05) is 12.5 Å². The second kappa shape index (κ2) is 8.03. The second-order valence-corrected chi connectivity index (χ2v) is 5.58. The lowest BCUT2D eigenvalue weighted by atomic mass is 10.0. The monoisotopic (exact) mass is 291 g/mol. The Labute approximate surface area is 127 Å². The molecule has 1 saturated heterocycles. The first-order chi connectivity index (χ1) is 10.3. The highest BCUT2D eigenvalue weighted by Gasteiger charge is 2.17. The molecule has 1 heterocycles. The molecule has 0 unspecified atom stereocenters. The zero-order chi connectivity index (χ0) is 15.1. The number of ether oxygens (including phenoxy) is 2. The Morgan fingerprint density at radius 2 is 2.24 bits per heavy atom. The van der Waals surface area contributed by atoms with Gasteiger partial charge in [0.15, 0.2) is 17.8 Å². The summed E-state index contributed by atoms with van der Waals surface area (Å²) >= 11 is 0. The van der Waals surface area contributed by atoms with Crippen molar-refractivity contribution < 1.29 is 14.3 Å². The quantitative estimate of drug-likeness (QED) is 0.571. The lowest BCUT2D eigenvalue weighted by molar-refractivity contribution is 0.111. The van der Waals surface area contributed by atoms with E-state index in [9.17, 15) is 4.79 Å². The number of methoxy groups -OCH3 is 1. The molecule has 1 aliphatic rings. The summed E-state index contributed by atoms with van der Waals surface area (Å²) in [4.78, 5) is 13.6. The normalized spacial score (nSPS) is 19.2. The summed E-state index contributed by atoms with van der Waals surface area (Å²) in [7, 11) is 1.59. The van der Waals surface area contributed by atoms with Crippen molar-refractivity contribution in [1.82, 2.24) is 4.90 Å². The number of piperidine rings is 1. The average Bonchev–Trinajstić information content (AvgIpc) is 2.52. The molecule has 1 aliphatic heterocycles. The Kier molecular flexibility index (Phi) is 6.05. The van der Waals surface area contributed by atoms with Gasteiger partial charge in [0, 0.05) is 12.6 Å². The summed E-state index contributed by atoms with van der Waals surface area (Å²) < 4.78 is 11.1. The van der Waals surface area contributed by atoms with Crippen LogP contribution >= 0.6 is 0 Å². The van der Waals surface area contributed by atoms with Crippen LogP contribution in [-0.2, 0) is 0 Å². The molecule has 0 bridgehead atoms. The van der Waals surface area contributed by atoms with Crippen molar-refractivity contribution in [2.24, 2.45) is 0 Å². The largest absolute Gasteiger partial charge is 0.493 e. The lowest BCUT2D eigenvalue weighted by Gasteiger charge is -2.33. The van der Waals surface area contributed by atoms with Gasteiger partial charge in [-0.05, 0) is 44.9 Å². The van der Waals surface area contributed by atoms with Crippen LogP contribution in [-0.4, -0.2) is 44.0 Å². The molecular weight excluding hydrogens is 266 g/mol. The van der Waals surface area contributed by atoms with E-state index in [1.54, 1.807) is 19.2 Å². The number of nitrogens with zero attached hydrogens (tertiary/aromatic N) is 1. The van der Waals surface area contributed by atoms with E-state index in [2.05, 4.69) is 11.8 Å². The van der Waals surface area contributed by atoms with Gasteiger partial charge in [0.05, 0.1) is 19.3 Å². The minimum absolute atomic E-state index is 0.542. The van der Waals surface area contributed by atoms with Gasteiger partial charge in [-0.15, -0.1) is 0 Å². The van der Waals surface area contributed by atoms with Crippen LogP contribution in [0.5, 0.6) is 11.5 Å². The Bertz CT molecular complexity index is 461. The van der Waals surface area contributed by atoms with Crippen LogP contribution in [0.2, 0.25) is 0 Å². The van der Waals surface area contributed by atoms with Gasteiger partial charge in [0.2, 0.25) is 0 Å². The van der Waals surface area contributed by atoms with E-state index in [0.717, 1.165) is 19.3 Å². The molecule has 1 aromatic carbocycles. The molecule has 1 fully saturated rings. The maximum Gasteiger partial charge on any atom is 0.171 e. The number of para-hydroxylation sites is 1. The van der Waals surface area contributed by atoms with E-state index in [4.69, 9.17) is 9.47 Å². The number of likely N-dealkylation sites (tertiary alicyclic amines) is 1. The Hall–Kier alpha value is -1.55. The van der Waals surface area contributed by atoms with Gasteiger partial charge in [0.25, 0.3) is 0 Å². The summed E-state index contributed by atoms with van der Waals surface area (Å²) in [6.07, 6.45) is 5.71. The molecule has 0 aromatic heterocycles. The second-order valence-electron chi connectivity index (χ2n) is 5.58. The Balaban J connectivity index is 1.84. The number of carbonyl (C=O) groups is 1. The molecule has 0 amide bonds. The van der Waals surface area contributed by atoms with Crippen LogP contribution < -0.4 is 9.47 Å². The smallest absolute Gasteiger partial charge is 0.171 e. The van der Waals surface area contributed by atoms with E-state index >= 15 is 0 Å². The molecular formula is C17H25NO3. The van der Waals surface area contributed by atoms with Crippen molar-refractivity contribution in [3.8, 4) is 11.5 Å². The van der Waals surface area contributed by atoms with Gasteiger partial charge >= 0.3 is 0 Å². The summed E-state index contributed by atoms with van der Waals surface area (Å²) in [5, 5.41) is 0. The fraction of sp³-hybridized carbons (Fsp3) is 0.588. The molecule has 21 heavy (non-hydrogen) atoms. The highest BCUT2D eigenvalue weighted by atomic mass is 16.5. The third kappa shape index (κ3) is 4.21. The first-order valence-corrected chi connectivity index (χ1v) is 7.75. The maximum absolute atomic E-state index is 11.1. The zero-order valence-electron chi connectivity index (χ0n) is 13.0. The fourth-order valence-electron chi connectivity index (χ4n) is 2.87. The van der Waals surface area contributed by atoms with Crippen LogP contribution in [0.4, 0.5) is 0 Å². The van der Waals surface area contributed by atoms with Crippen molar-refractivity contribution in [3.05, 3.63) is 23.8 Å². The van der Waals surface area contributed by atoms with Gasteiger partial charge in [-0.25, -0.2) is 0 Å². The summed E-state index contributed by atoms with van der Waals surface area (Å²) in [5.41, 5.74) is 0.542. The number of carbonyl (C=O) groups excluding carboxylic acids is 1. The molecule has 116 valence electrons. The molecule has 1 aromatic rings. The highest BCUT2D eigenvalue weighted by Crippen LogP contribution is 2.30. The number of hydrogen-bond donors (Lipinski definition) is 0. The highest BCUT2D eigenvalue weighted by molar-refractivity contribution is 5.81. The van der Waals surface area contributed by atoms with Crippen molar-refractivity contribution in [1.29, 1.82) is 0 Å². The van der Waals surface area contributed by atoms with E-state index in [0.29, 0.717) is 29.7 Å². The predicted octanol–water partition coefficient (Wildman–Crippen LogP) is 3.15. The van der Waals surface area contributed by atoms with Gasteiger partial charge in [-0.3, -0.25) is 4.79 Å². The zero-order valence-corrected chi connectivity index (χ0v) is 13.0. The topological polar surface area (TPSA) is 38.8 Å². The standard InChI is InChI=1S/C17H25NO3/c1-14-7-3-4-10-18(14)11-6-12-21-17-15(13-19)8-5-9-16(17)20-2/h5,8-9,13-14H,3-4,6-7,10-12H2,1-2H3/t14-/m1/s1. The van der Waals surface area contributed by atoms with Crippen molar-refractivity contribution >= 4 is 6.29 Å². The number of rotatable bonds is 7. The number of aldehydes is 1. The third-order valence-corrected chi connectivity index (χ3v) is 4.13. The molecule has 0 saturated carbocycles. The fourth-order valence-corrected chi connectivity index (χ4v) is 2.87. The minimum Gasteiger partial charge on any atom is -0.493 e. The number of hydrogen-bond acceptors (Lipinski definition) is 4. The molecule has 4 nitrogen and oxygen atoms in total. The van der Waals surface area contributed by atoms with E-state index < -0.39 is 0 Å². The van der Waals surface area contributed by atoms with Gasteiger partial charge < -0.3 is 14.4 Å². The molecule has 0 spiro atoms. The molecule has 1 atom stereocenters. The minimum atomic E-state index is 0.542. The summed E-state index contributed by atoms with van der Waals surface area (Å²) in [5.74, 6) is 1.17. The molecule has 0 radical (unpaired) electrons. The van der Waals surface area contributed by atoms with Crippen LogP contribution in [0.1, 0.15) is 43.0 Å². The Morgan fingerprint density at radius 3 is 2.95 bits per heavy atom. The number of benzene rings is 1. The van der Waals surface area contributed by atoms with Crippen molar-refractivity contribution in [2.75, 3.05) is 26.8 Å². The van der Waals surface area contributed by atoms with E-state index in [1.807, 2.05) is 6.07 Å².